The fourth-order valence-corrected chi connectivity index (χ4v) is 2.62. The third-order valence-corrected chi connectivity index (χ3v) is 3.95. The predicted octanol–water partition coefficient (Wildman–Crippen LogP) is 3.13. The molecule has 0 saturated carbocycles. The lowest BCUT2D eigenvalue weighted by Crippen LogP contribution is -2.05. The Morgan fingerprint density at radius 1 is 1.33 bits per heavy atom. The average molecular weight is 293 g/mol. The Morgan fingerprint density at radius 3 is 2.27 bits per heavy atom. The Labute approximate surface area is 98.4 Å². The second-order valence-corrected chi connectivity index (χ2v) is 6.01. The topological polar surface area (TPSA) is 54.4 Å². The molecule has 0 amide bonds. The summed E-state index contributed by atoms with van der Waals surface area (Å²) in [6.45, 7) is 5.54. The van der Waals surface area contributed by atoms with Gasteiger partial charge in [0.25, 0.3) is 10.1 Å². The van der Waals surface area contributed by atoms with Crippen molar-refractivity contribution in [3.63, 3.8) is 0 Å². The van der Waals surface area contributed by atoms with Gasteiger partial charge >= 0.3 is 0 Å². The van der Waals surface area contributed by atoms with Gasteiger partial charge in [0, 0.05) is 4.47 Å². The Hall–Kier alpha value is -0.390. The van der Waals surface area contributed by atoms with Crippen LogP contribution in [0, 0.1) is 6.92 Å². The summed E-state index contributed by atoms with van der Waals surface area (Å²) in [4.78, 5) is -0.00167. The number of hydrogen-bond donors (Lipinski definition) is 1. The minimum absolute atomic E-state index is 0.00167. The van der Waals surface area contributed by atoms with Gasteiger partial charge in [0.05, 0.1) is 4.90 Å². The van der Waals surface area contributed by atoms with Crippen molar-refractivity contribution in [1.29, 1.82) is 0 Å². The summed E-state index contributed by atoms with van der Waals surface area (Å²) in [5, 5.41) is 0. The van der Waals surface area contributed by atoms with E-state index in [2.05, 4.69) is 15.9 Å². The summed E-state index contributed by atoms with van der Waals surface area (Å²) in [6, 6.07) is 3.22. The third kappa shape index (κ3) is 2.80. The van der Waals surface area contributed by atoms with Crippen molar-refractivity contribution in [1.82, 2.24) is 0 Å². The van der Waals surface area contributed by atoms with Crippen LogP contribution in [0.5, 0.6) is 0 Å². The van der Waals surface area contributed by atoms with Crippen LogP contribution < -0.4 is 0 Å². The maximum Gasteiger partial charge on any atom is 0.294 e. The Balaban J connectivity index is 3.56. The molecule has 0 heterocycles. The summed E-state index contributed by atoms with van der Waals surface area (Å²) in [5.74, 6) is 0.0406. The Morgan fingerprint density at radius 2 is 1.87 bits per heavy atom. The fraction of sp³-hybridized carbons (Fsp3) is 0.400. The molecule has 0 spiro atoms. The van der Waals surface area contributed by atoms with Gasteiger partial charge in [-0.05, 0) is 36.1 Å². The summed E-state index contributed by atoms with van der Waals surface area (Å²) in [5.41, 5.74) is 1.40. The van der Waals surface area contributed by atoms with Crippen LogP contribution in [0.1, 0.15) is 30.9 Å². The van der Waals surface area contributed by atoms with Crippen molar-refractivity contribution in [2.75, 3.05) is 0 Å². The highest BCUT2D eigenvalue weighted by molar-refractivity contribution is 9.10. The molecule has 0 fully saturated rings. The van der Waals surface area contributed by atoms with Gasteiger partial charge in [0.2, 0.25) is 0 Å². The van der Waals surface area contributed by atoms with Gasteiger partial charge in [-0.25, -0.2) is 0 Å². The van der Waals surface area contributed by atoms with Gasteiger partial charge in [-0.15, -0.1) is 0 Å². The molecule has 1 rings (SSSR count). The molecule has 5 heteroatoms. The van der Waals surface area contributed by atoms with Gasteiger partial charge in [-0.3, -0.25) is 4.55 Å². The summed E-state index contributed by atoms with van der Waals surface area (Å²) >= 11 is 3.34. The minimum atomic E-state index is -4.14. The van der Waals surface area contributed by atoms with E-state index in [1.165, 1.54) is 6.07 Å². The lowest BCUT2D eigenvalue weighted by Gasteiger charge is -2.12. The van der Waals surface area contributed by atoms with Crippen LogP contribution in [0.25, 0.3) is 0 Å². The SMILES string of the molecule is Cc1cc(S(=O)(=O)O)c(C(C)C)cc1Br. The third-order valence-electron chi connectivity index (χ3n) is 2.19. The maximum atomic E-state index is 11.2. The number of rotatable bonds is 2. The molecule has 0 aliphatic heterocycles. The fourth-order valence-electron chi connectivity index (χ4n) is 1.34. The molecule has 3 nitrogen and oxygen atoms in total. The first-order chi connectivity index (χ1) is 6.73. The quantitative estimate of drug-likeness (QED) is 0.852. The standard InChI is InChI=1S/C10H13BrO3S/c1-6(2)8-5-9(11)7(3)4-10(8)15(12,13)14/h4-6H,1-3H3,(H,12,13,14). The van der Waals surface area contributed by atoms with Gasteiger partial charge in [0.15, 0.2) is 0 Å². The van der Waals surface area contributed by atoms with E-state index in [9.17, 15) is 8.42 Å². The van der Waals surface area contributed by atoms with E-state index in [0.717, 1.165) is 10.0 Å². The number of halogens is 1. The van der Waals surface area contributed by atoms with Crippen molar-refractivity contribution in [3.8, 4) is 0 Å². The van der Waals surface area contributed by atoms with Crippen molar-refractivity contribution >= 4 is 26.0 Å². The maximum absolute atomic E-state index is 11.2. The number of benzene rings is 1. The normalized spacial score (nSPS) is 12.1. The van der Waals surface area contributed by atoms with Gasteiger partial charge in [0.1, 0.15) is 0 Å². The van der Waals surface area contributed by atoms with E-state index in [4.69, 9.17) is 4.55 Å². The molecule has 1 aromatic carbocycles. The second kappa shape index (κ2) is 4.23. The largest absolute Gasteiger partial charge is 0.294 e. The van der Waals surface area contributed by atoms with E-state index in [1.807, 2.05) is 13.8 Å². The van der Waals surface area contributed by atoms with Gasteiger partial charge in [-0.2, -0.15) is 8.42 Å². The number of aryl methyl sites for hydroxylation is 1. The van der Waals surface area contributed by atoms with Crippen LogP contribution in [-0.2, 0) is 10.1 Å². The van der Waals surface area contributed by atoms with E-state index >= 15 is 0 Å². The highest BCUT2D eigenvalue weighted by atomic mass is 79.9. The molecule has 0 aliphatic rings. The molecular formula is C10H13BrO3S. The molecular weight excluding hydrogens is 280 g/mol. The van der Waals surface area contributed by atoms with Crippen molar-refractivity contribution in [2.45, 2.75) is 31.6 Å². The molecule has 0 saturated heterocycles. The van der Waals surface area contributed by atoms with Crippen molar-refractivity contribution in [3.05, 3.63) is 27.7 Å². The zero-order valence-electron chi connectivity index (χ0n) is 8.78. The smallest absolute Gasteiger partial charge is 0.282 e. The number of hydrogen-bond acceptors (Lipinski definition) is 2. The lowest BCUT2D eigenvalue weighted by atomic mass is 10.0. The molecule has 15 heavy (non-hydrogen) atoms. The predicted molar refractivity (Wildman–Crippen MR) is 62.8 cm³/mol. The molecule has 1 aromatic rings. The molecule has 1 N–H and O–H groups in total. The average Bonchev–Trinajstić information content (AvgIpc) is 2.06. The van der Waals surface area contributed by atoms with Crippen LogP contribution in [-0.4, -0.2) is 13.0 Å². The summed E-state index contributed by atoms with van der Waals surface area (Å²) < 4.78 is 32.3. The van der Waals surface area contributed by atoms with Crippen LogP contribution in [0.2, 0.25) is 0 Å². The summed E-state index contributed by atoms with van der Waals surface area (Å²) in [7, 11) is -4.14. The molecule has 0 radical (unpaired) electrons. The van der Waals surface area contributed by atoms with E-state index < -0.39 is 10.1 Å². The molecule has 0 atom stereocenters. The van der Waals surface area contributed by atoms with Gasteiger partial charge in [-0.1, -0.05) is 29.8 Å². The first-order valence-corrected chi connectivity index (χ1v) is 6.74. The highest BCUT2D eigenvalue weighted by Crippen LogP contribution is 2.29. The lowest BCUT2D eigenvalue weighted by molar-refractivity contribution is 0.481. The first-order valence-electron chi connectivity index (χ1n) is 4.51. The van der Waals surface area contributed by atoms with E-state index in [0.29, 0.717) is 5.56 Å². The van der Waals surface area contributed by atoms with Gasteiger partial charge < -0.3 is 0 Å². The Bertz CT molecular complexity index is 478. The molecule has 0 unspecified atom stereocenters. The monoisotopic (exact) mass is 292 g/mol. The zero-order valence-corrected chi connectivity index (χ0v) is 11.2. The molecule has 0 aliphatic carbocycles. The summed E-state index contributed by atoms with van der Waals surface area (Å²) in [6.07, 6.45) is 0. The van der Waals surface area contributed by atoms with Crippen LogP contribution in [0.15, 0.2) is 21.5 Å². The van der Waals surface area contributed by atoms with Crippen molar-refractivity contribution < 1.29 is 13.0 Å². The molecule has 0 aromatic heterocycles. The Kier molecular flexibility index (Phi) is 3.58. The molecule has 84 valence electrons. The second-order valence-electron chi connectivity index (χ2n) is 3.77. The van der Waals surface area contributed by atoms with E-state index in [1.54, 1.807) is 13.0 Å². The van der Waals surface area contributed by atoms with E-state index in [-0.39, 0.29) is 10.8 Å². The van der Waals surface area contributed by atoms with Crippen LogP contribution in [0.3, 0.4) is 0 Å². The minimum Gasteiger partial charge on any atom is -0.282 e. The van der Waals surface area contributed by atoms with Crippen molar-refractivity contribution in [2.24, 2.45) is 0 Å². The van der Waals surface area contributed by atoms with Crippen LogP contribution in [0.4, 0.5) is 0 Å². The zero-order chi connectivity index (χ0) is 11.8. The highest BCUT2D eigenvalue weighted by Gasteiger charge is 2.18. The molecule has 0 bridgehead atoms. The first kappa shape index (κ1) is 12.7. The van der Waals surface area contributed by atoms with Crippen LogP contribution >= 0.6 is 15.9 Å².